The van der Waals surface area contributed by atoms with Crippen molar-refractivity contribution < 1.29 is 19.1 Å². The molecule has 1 atom stereocenters. The van der Waals surface area contributed by atoms with E-state index in [1.807, 2.05) is 24.3 Å². The summed E-state index contributed by atoms with van der Waals surface area (Å²) in [6, 6.07) is 6.05. The average molecular weight is 387 g/mol. The van der Waals surface area contributed by atoms with Gasteiger partial charge in [-0.05, 0) is 37.5 Å². The largest absolute Gasteiger partial charge is 0.497 e. The van der Waals surface area contributed by atoms with E-state index in [1.54, 1.807) is 14.0 Å². The second kappa shape index (κ2) is 8.63. The van der Waals surface area contributed by atoms with Crippen molar-refractivity contribution in [2.45, 2.75) is 70.0 Å². The summed E-state index contributed by atoms with van der Waals surface area (Å²) in [7, 11) is 1.60. The van der Waals surface area contributed by atoms with Crippen LogP contribution in [0.1, 0.15) is 57.4 Å². The molecule has 1 spiro atoms. The summed E-state index contributed by atoms with van der Waals surface area (Å²) in [4.78, 5) is 39.3. The fraction of sp³-hybridized carbons (Fsp3) is 0.571. The maximum atomic E-state index is 13.1. The molecule has 4 amide bonds. The molecule has 1 aromatic carbocycles. The molecule has 152 valence electrons. The number of hydrogen-bond donors (Lipinski definition) is 2. The van der Waals surface area contributed by atoms with E-state index in [4.69, 9.17) is 4.74 Å². The van der Waals surface area contributed by atoms with Crippen LogP contribution in [-0.4, -0.2) is 41.4 Å². The van der Waals surface area contributed by atoms with Gasteiger partial charge in [0, 0.05) is 6.54 Å². The number of carbonyl (C=O) groups excluding carboxylic acids is 3. The molecular formula is C21H29N3O4. The number of carbonyl (C=O) groups is 3. The van der Waals surface area contributed by atoms with Crippen molar-refractivity contribution in [3.8, 4) is 5.75 Å². The first kappa shape index (κ1) is 20.2. The van der Waals surface area contributed by atoms with Gasteiger partial charge in [-0.3, -0.25) is 9.59 Å². The molecule has 1 saturated carbocycles. The van der Waals surface area contributed by atoms with Gasteiger partial charge in [-0.15, -0.1) is 0 Å². The van der Waals surface area contributed by atoms with Gasteiger partial charge in [-0.2, -0.15) is 0 Å². The summed E-state index contributed by atoms with van der Waals surface area (Å²) in [6.45, 7) is 1.92. The fourth-order valence-electron chi connectivity index (χ4n) is 4.04. The van der Waals surface area contributed by atoms with Crippen LogP contribution in [-0.2, 0) is 16.1 Å². The van der Waals surface area contributed by atoms with E-state index in [1.165, 1.54) is 6.42 Å². The molecule has 1 aliphatic heterocycles. The average Bonchev–Trinajstić information content (AvgIpc) is 2.93. The molecule has 7 heteroatoms. The van der Waals surface area contributed by atoms with Crippen LogP contribution < -0.4 is 15.4 Å². The first-order valence-electron chi connectivity index (χ1n) is 10.0. The van der Waals surface area contributed by atoms with E-state index < -0.39 is 17.6 Å². The Balaban J connectivity index is 1.63. The number of imide groups is 1. The Morgan fingerprint density at radius 3 is 2.36 bits per heavy atom. The summed E-state index contributed by atoms with van der Waals surface area (Å²) >= 11 is 0. The molecule has 2 fully saturated rings. The highest BCUT2D eigenvalue weighted by Crippen LogP contribution is 2.33. The topological polar surface area (TPSA) is 87.7 Å². The first-order chi connectivity index (χ1) is 13.5. The zero-order valence-corrected chi connectivity index (χ0v) is 16.6. The van der Waals surface area contributed by atoms with Crippen molar-refractivity contribution in [3.63, 3.8) is 0 Å². The highest BCUT2D eigenvalue weighted by molar-refractivity contribution is 6.09. The lowest BCUT2D eigenvalue weighted by atomic mass is 9.84. The predicted molar refractivity (Wildman–Crippen MR) is 105 cm³/mol. The molecule has 1 saturated heterocycles. The standard InChI is InChI=1S/C21H29N3O4/c1-15(18(25)22-14-16-8-10-17(28-2)11-9-16)24-19(26)21(23-20(24)27)12-6-4-3-5-7-13-21/h8-11,15H,3-7,12-14H2,1-2H3,(H,22,25)(H,23,27)/t15-/m1/s1. The lowest BCUT2D eigenvalue weighted by Gasteiger charge is -2.29. The molecule has 0 radical (unpaired) electrons. The minimum atomic E-state index is -0.851. The Morgan fingerprint density at radius 2 is 1.75 bits per heavy atom. The molecule has 0 bridgehead atoms. The Labute approximate surface area is 165 Å². The van der Waals surface area contributed by atoms with Gasteiger partial charge in [0.1, 0.15) is 17.3 Å². The van der Waals surface area contributed by atoms with Crippen molar-refractivity contribution >= 4 is 17.8 Å². The Hall–Kier alpha value is -2.57. The van der Waals surface area contributed by atoms with E-state index in [0.717, 1.165) is 41.9 Å². The summed E-state index contributed by atoms with van der Waals surface area (Å²) in [5.41, 5.74) is 0.0808. The number of urea groups is 1. The minimum Gasteiger partial charge on any atom is -0.497 e. The molecule has 3 rings (SSSR count). The van der Waals surface area contributed by atoms with E-state index in [9.17, 15) is 14.4 Å². The van der Waals surface area contributed by atoms with Gasteiger partial charge < -0.3 is 15.4 Å². The third-order valence-electron chi connectivity index (χ3n) is 5.79. The normalized spacial score (nSPS) is 20.3. The number of methoxy groups -OCH3 is 1. The van der Waals surface area contributed by atoms with Crippen LogP contribution in [0.2, 0.25) is 0 Å². The van der Waals surface area contributed by atoms with Crippen LogP contribution in [0.3, 0.4) is 0 Å². The van der Waals surface area contributed by atoms with Gasteiger partial charge in [-0.1, -0.05) is 44.2 Å². The summed E-state index contributed by atoms with van der Waals surface area (Å²) in [5, 5.41) is 5.72. The predicted octanol–water partition coefficient (Wildman–Crippen LogP) is 2.73. The minimum absolute atomic E-state index is 0.258. The summed E-state index contributed by atoms with van der Waals surface area (Å²) in [6.07, 6.45) is 6.44. The molecule has 1 aliphatic carbocycles. The number of hydrogen-bond acceptors (Lipinski definition) is 4. The number of nitrogens with one attached hydrogen (secondary N) is 2. The SMILES string of the molecule is COc1ccc(CNC(=O)[C@@H](C)N2C(=O)NC3(CCCCCCC3)C2=O)cc1. The molecule has 2 N–H and O–H groups in total. The Bertz CT molecular complexity index is 724. The number of benzene rings is 1. The number of nitrogens with zero attached hydrogens (tertiary/aromatic N) is 1. The maximum Gasteiger partial charge on any atom is 0.325 e. The van der Waals surface area contributed by atoms with E-state index in [0.29, 0.717) is 19.4 Å². The third kappa shape index (κ3) is 4.13. The van der Waals surface area contributed by atoms with Crippen molar-refractivity contribution in [1.29, 1.82) is 0 Å². The van der Waals surface area contributed by atoms with E-state index in [-0.39, 0.29) is 11.8 Å². The molecule has 0 unspecified atom stereocenters. The van der Waals surface area contributed by atoms with Crippen LogP contribution >= 0.6 is 0 Å². The molecule has 2 aliphatic rings. The molecule has 1 heterocycles. The molecule has 0 aromatic heterocycles. The quantitative estimate of drug-likeness (QED) is 0.761. The third-order valence-corrected chi connectivity index (χ3v) is 5.79. The van der Waals surface area contributed by atoms with Crippen LogP contribution in [0.25, 0.3) is 0 Å². The van der Waals surface area contributed by atoms with Crippen LogP contribution in [0, 0.1) is 0 Å². The van der Waals surface area contributed by atoms with E-state index >= 15 is 0 Å². The van der Waals surface area contributed by atoms with Gasteiger partial charge in [0.2, 0.25) is 5.91 Å². The molecule has 1 aromatic rings. The van der Waals surface area contributed by atoms with Crippen molar-refractivity contribution in [2.24, 2.45) is 0 Å². The molecule has 7 nitrogen and oxygen atoms in total. The molecule has 28 heavy (non-hydrogen) atoms. The van der Waals surface area contributed by atoms with Crippen LogP contribution in [0.15, 0.2) is 24.3 Å². The monoisotopic (exact) mass is 387 g/mol. The lowest BCUT2D eigenvalue weighted by Crippen LogP contribution is -2.50. The zero-order chi connectivity index (χ0) is 20.1. The van der Waals surface area contributed by atoms with E-state index in [2.05, 4.69) is 10.6 Å². The Morgan fingerprint density at radius 1 is 1.14 bits per heavy atom. The lowest BCUT2D eigenvalue weighted by molar-refractivity contribution is -0.138. The van der Waals surface area contributed by atoms with Gasteiger partial charge in [0.15, 0.2) is 0 Å². The Kier molecular flexibility index (Phi) is 6.21. The maximum absolute atomic E-state index is 13.1. The second-order valence-corrected chi connectivity index (χ2v) is 7.70. The van der Waals surface area contributed by atoms with Gasteiger partial charge >= 0.3 is 6.03 Å². The van der Waals surface area contributed by atoms with Crippen molar-refractivity contribution in [2.75, 3.05) is 7.11 Å². The number of ether oxygens (including phenoxy) is 1. The first-order valence-corrected chi connectivity index (χ1v) is 10.0. The summed E-state index contributed by atoms with van der Waals surface area (Å²) in [5.74, 6) is 0.140. The van der Waals surface area contributed by atoms with Crippen molar-refractivity contribution in [3.05, 3.63) is 29.8 Å². The highest BCUT2D eigenvalue weighted by atomic mass is 16.5. The van der Waals surface area contributed by atoms with Crippen LogP contribution in [0.5, 0.6) is 5.75 Å². The molecular weight excluding hydrogens is 358 g/mol. The van der Waals surface area contributed by atoms with Crippen LogP contribution in [0.4, 0.5) is 4.79 Å². The van der Waals surface area contributed by atoms with Gasteiger partial charge in [-0.25, -0.2) is 9.69 Å². The second-order valence-electron chi connectivity index (χ2n) is 7.70. The smallest absolute Gasteiger partial charge is 0.325 e. The fourth-order valence-corrected chi connectivity index (χ4v) is 4.04. The van der Waals surface area contributed by atoms with Gasteiger partial charge in [0.25, 0.3) is 5.91 Å². The van der Waals surface area contributed by atoms with Gasteiger partial charge in [0.05, 0.1) is 7.11 Å². The summed E-state index contributed by atoms with van der Waals surface area (Å²) < 4.78 is 5.12. The number of amides is 4. The number of rotatable bonds is 5. The van der Waals surface area contributed by atoms with Crippen molar-refractivity contribution in [1.82, 2.24) is 15.5 Å². The highest BCUT2D eigenvalue weighted by Gasteiger charge is 2.52. The zero-order valence-electron chi connectivity index (χ0n) is 16.6.